The maximum Gasteiger partial charge on any atom is 0.323 e. The SMILES string of the molecule is CCC(=O)N(C)[C@@]1(Cc2ccc(F)c(NC(=O)Nc3ccc(C)nc3)c2)CCCNC1. The number of amides is 3. The predicted molar refractivity (Wildman–Crippen MR) is 120 cm³/mol. The molecule has 0 radical (unpaired) electrons. The quantitative estimate of drug-likeness (QED) is 0.656. The Kier molecular flexibility index (Phi) is 7.22. The first-order valence-electron chi connectivity index (χ1n) is 10.6. The summed E-state index contributed by atoms with van der Waals surface area (Å²) in [6.07, 6.45) is 4.37. The Labute approximate surface area is 182 Å². The molecular weight excluding hydrogens is 397 g/mol. The van der Waals surface area contributed by atoms with Crippen molar-refractivity contribution in [2.24, 2.45) is 0 Å². The van der Waals surface area contributed by atoms with Gasteiger partial charge in [0.1, 0.15) is 5.82 Å². The summed E-state index contributed by atoms with van der Waals surface area (Å²) in [4.78, 5) is 30.7. The van der Waals surface area contributed by atoms with Crippen molar-refractivity contribution in [3.8, 4) is 0 Å². The van der Waals surface area contributed by atoms with Crippen LogP contribution in [0.5, 0.6) is 0 Å². The third-order valence-electron chi connectivity index (χ3n) is 5.82. The van der Waals surface area contributed by atoms with Crippen LogP contribution < -0.4 is 16.0 Å². The van der Waals surface area contributed by atoms with Crippen LogP contribution in [0.4, 0.5) is 20.6 Å². The van der Waals surface area contributed by atoms with Crippen molar-refractivity contribution in [1.29, 1.82) is 0 Å². The van der Waals surface area contributed by atoms with E-state index >= 15 is 0 Å². The molecule has 1 aromatic heterocycles. The van der Waals surface area contributed by atoms with Gasteiger partial charge in [-0.3, -0.25) is 9.78 Å². The third-order valence-corrected chi connectivity index (χ3v) is 5.82. The fourth-order valence-corrected chi connectivity index (χ4v) is 3.99. The number of carbonyl (C=O) groups excluding carboxylic acids is 2. The molecule has 1 fully saturated rings. The van der Waals surface area contributed by atoms with Gasteiger partial charge in [-0.1, -0.05) is 13.0 Å². The van der Waals surface area contributed by atoms with Gasteiger partial charge >= 0.3 is 6.03 Å². The maximum absolute atomic E-state index is 14.4. The lowest BCUT2D eigenvalue weighted by Crippen LogP contribution is -2.59. The summed E-state index contributed by atoms with van der Waals surface area (Å²) in [6, 6.07) is 7.67. The maximum atomic E-state index is 14.4. The monoisotopic (exact) mass is 427 g/mol. The highest BCUT2D eigenvalue weighted by Gasteiger charge is 2.38. The number of anilines is 2. The molecule has 3 N–H and O–H groups in total. The molecule has 2 aromatic rings. The fourth-order valence-electron chi connectivity index (χ4n) is 3.99. The van der Waals surface area contributed by atoms with Gasteiger partial charge < -0.3 is 20.9 Å². The van der Waals surface area contributed by atoms with E-state index in [0.717, 1.165) is 30.6 Å². The van der Waals surface area contributed by atoms with Crippen LogP contribution in [0.25, 0.3) is 0 Å². The standard InChI is InChI=1S/C23H30FN5O2/c1-4-21(30)29(3)23(10-5-11-25-15-23)13-17-7-9-19(24)20(12-17)28-22(31)27-18-8-6-16(2)26-14-18/h6-9,12,14,25H,4-5,10-11,13,15H2,1-3H3,(H2,27,28,31)/t23-/m1/s1. The van der Waals surface area contributed by atoms with Crippen molar-refractivity contribution >= 4 is 23.3 Å². The van der Waals surface area contributed by atoms with E-state index in [-0.39, 0.29) is 17.1 Å². The van der Waals surface area contributed by atoms with Crippen LogP contribution in [0.3, 0.4) is 0 Å². The van der Waals surface area contributed by atoms with Crippen LogP contribution in [0, 0.1) is 12.7 Å². The van der Waals surface area contributed by atoms with E-state index < -0.39 is 11.8 Å². The molecule has 7 nitrogen and oxygen atoms in total. The highest BCUT2D eigenvalue weighted by Crippen LogP contribution is 2.29. The number of benzene rings is 1. The van der Waals surface area contributed by atoms with Gasteiger partial charge in [0.05, 0.1) is 23.1 Å². The second kappa shape index (κ2) is 9.87. The number of nitrogens with zero attached hydrogens (tertiary/aromatic N) is 2. The zero-order chi connectivity index (χ0) is 22.4. The highest BCUT2D eigenvalue weighted by atomic mass is 19.1. The minimum absolute atomic E-state index is 0.0789. The van der Waals surface area contributed by atoms with Gasteiger partial charge in [-0.2, -0.15) is 0 Å². The summed E-state index contributed by atoms with van der Waals surface area (Å²) in [7, 11) is 1.84. The molecule has 0 aliphatic carbocycles. The Bertz CT molecular complexity index is 926. The van der Waals surface area contributed by atoms with Gasteiger partial charge in [0.15, 0.2) is 0 Å². The molecule has 3 amide bonds. The average Bonchev–Trinajstić information content (AvgIpc) is 2.77. The average molecular weight is 428 g/mol. The van der Waals surface area contributed by atoms with E-state index in [1.807, 2.05) is 25.8 Å². The minimum atomic E-state index is -0.547. The van der Waals surface area contributed by atoms with Gasteiger partial charge in [-0.25, -0.2) is 9.18 Å². The molecule has 1 aliphatic rings. The van der Waals surface area contributed by atoms with Gasteiger partial charge in [0.2, 0.25) is 5.91 Å². The lowest BCUT2D eigenvalue weighted by atomic mass is 9.82. The lowest BCUT2D eigenvalue weighted by Gasteiger charge is -2.45. The number of piperidine rings is 1. The van der Waals surface area contributed by atoms with Gasteiger partial charge in [0, 0.05) is 25.7 Å². The molecule has 8 heteroatoms. The number of hydrogen-bond donors (Lipinski definition) is 3. The molecule has 0 saturated carbocycles. The van der Waals surface area contributed by atoms with Crippen LogP contribution in [-0.2, 0) is 11.2 Å². The normalized spacial score (nSPS) is 18.3. The number of pyridine rings is 1. The molecule has 3 rings (SSSR count). The third kappa shape index (κ3) is 5.58. The molecule has 1 atom stereocenters. The van der Waals surface area contributed by atoms with Crippen molar-refractivity contribution in [2.75, 3.05) is 30.8 Å². The molecular formula is C23H30FN5O2. The summed E-state index contributed by atoms with van der Waals surface area (Å²) < 4.78 is 14.4. The number of hydrogen-bond acceptors (Lipinski definition) is 4. The first-order chi connectivity index (χ1) is 14.8. The van der Waals surface area contributed by atoms with Crippen LogP contribution >= 0.6 is 0 Å². The number of urea groups is 1. The topological polar surface area (TPSA) is 86.4 Å². The molecule has 1 aromatic carbocycles. The summed E-state index contributed by atoms with van der Waals surface area (Å²) in [5.41, 5.74) is 1.93. The largest absolute Gasteiger partial charge is 0.338 e. The summed E-state index contributed by atoms with van der Waals surface area (Å²) in [6.45, 7) is 5.30. The summed E-state index contributed by atoms with van der Waals surface area (Å²) in [5, 5.41) is 8.62. The number of likely N-dealkylation sites (N-methyl/N-ethyl adjacent to an activating group) is 1. The Hall–Kier alpha value is -3.00. The van der Waals surface area contributed by atoms with Gasteiger partial charge in [-0.05, 0) is 62.6 Å². The Balaban J connectivity index is 1.76. The van der Waals surface area contributed by atoms with Crippen molar-refractivity contribution in [2.45, 2.75) is 45.1 Å². The number of aryl methyl sites for hydroxylation is 1. The summed E-state index contributed by atoms with van der Waals surface area (Å²) in [5.74, 6) is -0.440. The fraction of sp³-hybridized carbons (Fsp3) is 0.435. The Morgan fingerprint density at radius 3 is 2.71 bits per heavy atom. The van der Waals surface area contributed by atoms with Crippen LogP contribution in [0.2, 0.25) is 0 Å². The van der Waals surface area contributed by atoms with Crippen molar-refractivity contribution in [1.82, 2.24) is 15.2 Å². The van der Waals surface area contributed by atoms with Crippen molar-refractivity contribution in [3.05, 3.63) is 53.6 Å². The minimum Gasteiger partial charge on any atom is -0.338 e. The van der Waals surface area contributed by atoms with Crippen LogP contribution in [-0.4, -0.2) is 47.5 Å². The zero-order valence-corrected chi connectivity index (χ0v) is 18.3. The second-order valence-electron chi connectivity index (χ2n) is 8.07. The molecule has 0 unspecified atom stereocenters. The predicted octanol–water partition coefficient (Wildman–Crippen LogP) is 3.71. The van der Waals surface area contributed by atoms with Gasteiger partial charge in [-0.15, -0.1) is 0 Å². The lowest BCUT2D eigenvalue weighted by molar-refractivity contribution is -0.136. The van der Waals surface area contributed by atoms with E-state index in [9.17, 15) is 14.0 Å². The number of aromatic nitrogens is 1. The van der Waals surface area contributed by atoms with Gasteiger partial charge in [0.25, 0.3) is 0 Å². The van der Waals surface area contributed by atoms with E-state index in [4.69, 9.17) is 0 Å². The van der Waals surface area contributed by atoms with E-state index in [2.05, 4.69) is 20.9 Å². The molecule has 0 bridgehead atoms. The number of nitrogens with one attached hydrogen (secondary N) is 3. The molecule has 2 heterocycles. The first-order valence-corrected chi connectivity index (χ1v) is 10.6. The zero-order valence-electron chi connectivity index (χ0n) is 18.3. The Morgan fingerprint density at radius 1 is 1.26 bits per heavy atom. The molecule has 166 valence electrons. The van der Waals surface area contributed by atoms with E-state index in [0.29, 0.717) is 25.1 Å². The molecule has 0 spiro atoms. The molecule has 31 heavy (non-hydrogen) atoms. The van der Waals surface area contributed by atoms with Crippen LogP contribution in [0.1, 0.15) is 37.4 Å². The number of halogens is 1. The van der Waals surface area contributed by atoms with Crippen molar-refractivity contribution < 1.29 is 14.0 Å². The smallest absolute Gasteiger partial charge is 0.323 e. The first kappa shape index (κ1) is 22.7. The Morgan fingerprint density at radius 2 is 2.06 bits per heavy atom. The van der Waals surface area contributed by atoms with Crippen molar-refractivity contribution in [3.63, 3.8) is 0 Å². The molecule has 1 saturated heterocycles. The summed E-state index contributed by atoms with van der Waals surface area (Å²) >= 11 is 0. The van der Waals surface area contributed by atoms with Crippen LogP contribution in [0.15, 0.2) is 36.5 Å². The number of rotatable bonds is 6. The van der Waals surface area contributed by atoms with E-state index in [1.165, 1.54) is 6.07 Å². The van der Waals surface area contributed by atoms with E-state index in [1.54, 1.807) is 30.5 Å². The highest BCUT2D eigenvalue weighted by molar-refractivity contribution is 5.99. The molecule has 1 aliphatic heterocycles. The second-order valence-corrected chi connectivity index (χ2v) is 8.07. The number of carbonyl (C=O) groups is 2.